The first-order chi connectivity index (χ1) is 10.1. The van der Waals surface area contributed by atoms with Gasteiger partial charge in [0.1, 0.15) is 22.1 Å². The van der Waals surface area contributed by atoms with Gasteiger partial charge in [0, 0.05) is 0 Å². The van der Waals surface area contributed by atoms with Crippen molar-refractivity contribution in [2.24, 2.45) is 0 Å². The molecular formula is C13H9Cl2N3O2S. The topological polar surface area (TPSA) is 67.0 Å². The molecule has 0 aliphatic carbocycles. The highest BCUT2D eigenvalue weighted by molar-refractivity contribution is 7.22. The van der Waals surface area contributed by atoms with Crippen LogP contribution in [0.4, 0.5) is 5.13 Å². The average molecular weight is 342 g/mol. The zero-order valence-electron chi connectivity index (χ0n) is 10.7. The maximum atomic E-state index is 12.1. The number of fused-ring (bicyclic) bond motifs is 1. The Morgan fingerprint density at radius 2 is 2.24 bits per heavy atom. The van der Waals surface area contributed by atoms with Crippen LogP contribution in [0.25, 0.3) is 10.2 Å². The van der Waals surface area contributed by atoms with E-state index in [4.69, 9.17) is 27.9 Å². The van der Waals surface area contributed by atoms with Crippen molar-refractivity contribution < 1.29 is 9.53 Å². The van der Waals surface area contributed by atoms with Gasteiger partial charge in [-0.05, 0) is 18.2 Å². The molecule has 0 atom stereocenters. The van der Waals surface area contributed by atoms with Gasteiger partial charge in [-0.2, -0.15) is 0 Å². The molecule has 0 aliphatic heterocycles. The lowest BCUT2D eigenvalue weighted by Gasteiger charge is -1.99. The standard InChI is InChI=1S/C13H9Cl2N3O2S/c1-20-8-3-2-4-9-10(8)17-13(21-9)18-12(19)7-5-6(14)11(15)16-7/h2-5,16H,1H3,(H,17,18,19). The molecular weight excluding hydrogens is 333 g/mol. The number of thiazole rings is 1. The van der Waals surface area contributed by atoms with Gasteiger partial charge < -0.3 is 9.72 Å². The number of ether oxygens (including phenoxy) is 1. The van der Waals surface area contributed by atoms with E-state index in [0.29, 0.717) is 21.4 Å². The number of hydrogen-bond acceptors (Lipinski definition) is 4. The molecule has 3 rings (SSSR count). The van der Waals surface area contributed by atoms with Crippen LogP contribution in [0.5, 0.6) is 5.75 Å². The molecule has 8 heteroatoms. The van der Waals surface area contributed by atoms with E-state index in [2.05, 4.69) is 15.3 Å². The number of halogens is 2. The fourth-order valence-electron chi connectivity index (χ4n) is 1.83. The molecule has 2 N–H and O–H groups in total. The molecule has 0 saturated heterocycles. The van der Waals surface area contributed by atoms with E-state index < -0.39 is 0 Å². The Hall–Kier alpha value is -1.76. The summed E-state index contributed by atoms with van der Waals surface area (Å²) >= 11 is 12.9. The van der Waals surface area contributed by atoms with Gasteiger partial charge in [0.2, 0.25) is 0 Å². The lowest BCUT2D eigenvalue weighted by atomic mass is 10.3. The third-order valence-electron chi connectivity index (χ3n) is 2.79. The van der Waals surface area contributed by atoms with Crippen molar-refractivity contribution in [1.29, 1.82) is 0 Å². The Morgan fingerprint density at radius 3 is 2.90 bits per heavy atom. The predicted molar refractivity (Wildman–Crippen MR) is 84.9 cm³/mol. The average Bonchev–Trinajstić information content (AvgIpc) is 3.02. The number of amides is 1. The minimum Gasteiger partial charge on any atom is -0.494 e. The van der Waals surface area contributed by atoms with Crippen LogP contribution in [0.1, 0.15) is 10.5 Å². The maximum absolute atomic E-state index is 12.1. The lowest BCUT2D eigenvalue weighted by Crippen LogP contribution is -2.11. The molecule has 2 heterocycles. The van der Waals surface area contributed by atoms with Crippen LogP contribution in [0, 0.1) is 0 Å². The number of hydrogen-bond donors (Lipinski definition) is 2. The number of anilines is 1. The van der Waals surface area contributed by atoms with E-state index >= 15 is 0 Å². The van der Waals surface area contributed by atoms with Crippen LogP contribution in [0.3, 0.4) is 0 Å². The Labute approximate surface area is 133 Å². The molecule has 0 unspecified atom stereocenters. The summed E-state index contributed by atoms with van der Waals surface area (Å²) in [4.78, 5) is 19.1. The smallest absolute Gasteiger partial charge is 0.273 e. The number of H-pyrrole nitrogens is 1. The SMILES string of the molecule is COc1cccc2sc(NC(=O)c3cc(Cl)c(Cl)[nH]3)nc12. The van der Waals surface area contributed by atoms with Gasteiger partial charge in [-0.3, -0.25) is 10.1 Å². The number of aromatic amines is 1. The molecule has 0 radical (unpaired) electrons. The number of para-hydroxylation sites is 1. The summed E-state index contributed by atoms with van der Waals surface area (Å²) in [6.45, 7) is 0. The third-order valence-corrected chi connectivity index (χ3v) is 4.42. The van der Waals surface area contributed by atoms with Gasteiger partial charge in [-0.25, -0.2) is 4.98 Å². The Morgan fingerprint density at radius 1 is 1.43 bits per heavy atom. The summed E-state index contributed by atoms with van der Waals surface area (Å²) in [5, 5.41) is 3.71. The van der Waals surface area contributed by atoms with Gasteiger partial charge >= 0.3 is 0 Å². The van der Waals surface area contributed by atoms with Gasteiger partial charge in [-0.15, -0.1) is 0 Å². The van der Waals surface area contributed by atoms with Crippen LogP contribution in [-0.2, 0) is 0 Å². The van der Waals surface area contributed by atoms with Gasteiger partial charge in [0.05, 0.1) is 16.8 Å². The van der Waals surface area contributed by atoms with E-state index in [9.17, 15) is 4.79 Å². The number of nitrogens with one attached hydrogen (secondary N) is 2. The summed E-state index contributed by atoms with van der Waals surface area (Å²) in [7, 11) is 1.58. The third kappa shape index (κ3) is 2.70. The second-order valence-corrected chi connectivity index (χ2v) is 5.94. The summed E-state index contributed by atoms with van der Waals surface area (Å²) in [6, 6.07) is 7.06. The van der Waals surface area contributed by atoms with Crippen LogP contribution in [0.2, 0.25) is 10.2 Å². The molecule has 3 aromatic rings. The maximum Gasteiger partial charge on any atom is 0.273 e. The first-order valence-corrected chi connectivity index (χ1v) is 7.44. The molecule has 1 aromatic carbocycles. The number of methoxy groups -OCH3 is 1. The van der Waals surface area contributed by atoms with Crippen LogP contribution in [0.15, 0.2) is 24.3 Å². The number of benzene rings is 1. The highest BCUT2D eigenvalue weighted by atomic mass is 35.5. The van der Waals surface area contributed by atoms with Crippen molar-refractivity contribution in [2.45, 2.75) is 0 Å². The van der Waals surface area contributed by atoms with E-state index in [1.165, 1.54) is 17.4 Å². The van der Waals surface area contributed by atoms with Crippen molar-refractivity contribution in [1.82, 2.24) is 9.97 Å². The monoisotopic (exact) mass is 341 g/mol. The van der Waals surface area contributed by atoms with E-state index in [1.807, 2.05) is 18.2 Å². The second-order valence-electron chi connectivity index (χ2n) is 4.13. The van der Waals surface area contributed by atoms with Crippen molar-refractivity contribution in [3.63, 3.8) is 0 Å². The molecule has 2 aromatic heterocycles. The first-order valence-electron chi connectivity index (χ1n) is 5.87. The zero-order valence-corrected chi connectivity index (χ0v) is 13.1. The summed E-state index contributed by atoms with van der Waals surface area (Å²) in [6.07, 6.45) is 0. The largest absolute Gasteiger partial charge is 0.494 e. The number of carbonyl (C=O) groups excluding carboxylic acids is 1. The molecule has 0 saturated carbocycles. The molecule has 1 amide bonds. The number of carbonyl (C=O) groups is 1. The van der Waals surface area contributed by atoms with Gasteiger partial charge in [-0.1, -0.05) is 40.6 Å². The summed E-state index contributed by atoms with van der Waals surface area (Å²) in [5.41, 5.74) is 0.985. The molecule has 0 aliphatic rings. The molecule has 108 valence electrons. The fourth-order valence-corrected chi connectivity index (χ4v) is 3.02. The molecule has 0 fully saturated rings. The number of nitrogens with zero attached hydrogens (tertiary/aromatic N) is 1. The van der Waals surface area contributed by atoms with Crippen LogP contribution >= 0.6 is 34.5 Å². The van der Waals surface area contributed by atoms with Crippen molar-refractivity contribution >= 4 is 55.8 Å². The molecule has 0 spiro atoms. The molecule has 0 bridgehead atoms. The fraction of sp³-hybridized carbons (Fsp3) is 0.0769. The first kappa shape index (κ1) is 14.2. The Kier molecular flexibility index (Phi) is 3.75. The van der Waals surface area contributed by atoms with Gasteiger partial charge in [0.25, 0.3) is 5.91 Å². The quantitative estimate of drug-likeness (QED) is 0.750. The van der Waals surface area contributed by atoms with Crippen molar-refractivity contribution in [3.8, 4) is 5.75 Å². The van der Waals surface area contributed by atoms with E-state index in [1.54, 1.807) is 7.11 Å². The summed E-state index contributed by atoms with van der Waals surface area (Å²) < 4.78 is 6.16. The van der Waals surface area contributed by atoms with Crippen molar-refractivity contribution in [3.05, 3.63) is 40.1 Å². The predicted octanol–water partition coefficient (Wildman–Crippen LogP) is 4.19. The molecule has 21 heavy (non-hydrogen) atoms. The highest BCUT2D eigenvalue weighted by Crippen LogP contribution is 2.32. The van der Waals surface area contributed by atoms with Crippen LogP contribution < -0.4 is 10.1 Å². The normalized spacial score (nSPS) is 10.8. The summed E-state index contributed by atoms with van der Waals surface area (Å²) in [5.74, 6) is 0.303. The van der Waals surface area contributed by atoms with Crippen molar-refractivity contribution in [2.75, 3.05) is 12.4 Å². The number of aromatic nitrogens is 2. The highest BCUT2D eigenvalue weighted by Gasteiger charge is 2.15. The second kappa shape index (κ2) is 5.55. The van der Waals surface area contributed by atoms with Crippen LogP contribution in [-0.4, -0.2) is 23.0 Å². The molecule has 5 nitrogen and oxygen atoms in total. The Balaban J connectivity index is 1.89. The lowest BCUT2D eigenvalue weighted by molar-refractivity contribution is 0.102. The van der Waals surface area contributed by atoms with E-state index in [0.717, 1.165) is 4.70 Å². The minimum atomic E-state index is -0.359. The van der Waals surface area contributed by atoms with Gasteiger partial charge in [0.15, 0.2) is 5.13 Å². The Bertz CT molecular complexity index is 809. The minimum absolute atomic E-state index is 0.229. The zero-order chi connectivity index (χ0) is 15.0. The van der Waals surface area contributed by atoms with E-state index in [-0.39, 0.29) is 16.8 Å². The number of rotatable bonds is 3.